The number of rotatable bonds is 6. The van der Waals surface area contributed by atoms with E-state index in [2.05, 4.69) is 97.3 Å². The molecule has 3 aromatic rings. The van der Waals surface area contributed by atoms with Gasteiger partial charge in [0.05, 0.1) is 0 Å². The van der Waals surface area contributed by atoms with Crippen molar-refractivity contribution in [3.63, 3.8) is 0 Å². The molecule has 0 saturated heterocycles. The van der Waals surface area contributed by atoms with Gasteiger partial charge in [-0.05, 0) is 80.6 Å². The summed E-state index contributed by atoms with van der Waals surface area (Å²) in [6.45, 7) is 4.31. The fraction of sp³-hybridized carbons (Fsp3) is 0.200. The Hall–Kier alpha value is -3.72. The van der Waals surface area contributed by atoms with Crippen LogP contribution in [-0.2, 0) is 6.42 Å². The average Bonchev–Trinajstić information content (AvgIpc) is 2.79. The minimum absolute atomic E-state index is 0.326. The van der Waals surface area contributed by atoms with E-state index in [0.717, 1.165) is 47.8 Å². The molecule has 2 N–H and O–H groups in total. The monoisotopic (exact) mass is 434 g/mol. The summed E-state index contributed by atoms with van der Waals surface area (Å²) in [7, 11) is 0. The number of hydrogen-bond donors (Lipinski definition) is 2. The van der Waals surface area contributed by atoms with Crippen LogP contribution in [0.25, 0.3) is 6.08 Å². The van der Waals surface area contributed by atoms with E-state index in [4.69, 9.17) is 4.74 Å². The van der Waals surface area contributed by atoms with Crippen LogP contribution in [0.2, 0.25) is 0 Å². The average molecular weight is 435 g/mol. The lowest BCUT2D eigenvalue weighted by molar-refractivity contribution is 0.481. The molecule has 3 heteroatoms. The molecule has 0 aliphatic heterocycles. The molecule has 33 heavy (non-hydrogen) atoms. The Morgan fingerprint density at radius 3 is 2.70 bits per heavy atom. The van der Waals surface area contributed by atoms with Gasteiger partial charge >= 0.3 is 0 Å². The van der Waals surface area contributed by atoms with Crippen molar-refractivity contribution in [3.05, 3.63) is 107 Å². The molecule has 5 rings (SSSR count). The highest BCUT2D eigenvalue weighted by molar-refractivity contribution is 5.68. The Balaban J connectivity index is 1.32. The third kappa shape index (κ3) is 5.20. The summed E-state index contributed by atoms with van der Waals surface area (Å²) in [6.07, 6.45) is 14.1. The van der Waals surface area contributed by atoms with Crippen molar-refractivity contribution in [1.82, 2.24) is 0 Å². The zero-order chi connectivity index (χ0) is 22.6. The largest absolute Gasteiger partial charge is 0.457 e. The Labute approximate surface area is 196 Å². The van der Waals surface area contributed by atoms with E-state index in [-0.39, 0.29) is 0 Å². The van der Waals surface area contributed by atoms with Crippen molar-refractivity contribution in [1.29, 1.82) is 0 Å². The smallest absolute Gasteiger partial charge is 0.134 e. The molecule has 0 bridgehead atoms. The zero-order valence-corrected chi connectivity index (χ0v) is 19.3. The van der Waals surface area contributed by atoms with Crippen LogP contribution in [0.15, 0.2) is 90.5 Å². The maximum absolute atomic E-state index is 6.30. The molecule has 2 aliphatic carbocycles. The van der Waals surface area contributed by atoms with E-state index in [1.807, 2.05) is 18.2 Å². The van der Waals surface area contributed by atoms with Crippen LogP contribution in [0, 0.1) is 6.92 Å². The SMILES string of the molecule is CC1=CC=CC(Nc2cc(C)cc(Nc3cccc(Oc4cccc5c4C=CCC5)c3)c2)C1. The van der Waals surface area contributed by atoms with Gasteiger partial charge in [0.2, 0.25) is 0 Å². The summed E-state index contributed by atoms with van der Waals surface area (Å²) < 4.78 is 6.30. The van der Waals surface area contributed by atoms with Gasteiger partial charge in [-0.1, -0.05) is 54.2 Å². The maximum atomic E-state index is 6.30. The van der Waals surface area contributed by atoms with Crippen LogP contribution in [-0.4, -0.2) is 6.04 Å². The fourth-order valence-electron chi connectivity index (χ4n) is 4.55. The van der Waals surface area contributed by atoms with Gasteiger partial charge in [0, 0.05) is 34.7 Å². The highest BCUT2D eigenvalue weighted by Gasteiger charge is 2.12. The fourth-order valence-corrected chi connectivity index (χ4v) is 4.55. The number of allylic oxidation sites excluding steroid dienone is 3. The first-order chi connectivity index (χ1) is 16.1. The third-order valence-corrected chi connectivity index (χ3v) is 6.07. The van der Waals surface area contributed by atoms with E-state index in [1.54, 1.807) is 0 Å². The summed E-state index contributed by atoms with van der Waals surface area (Å²) in [4.78, 5) is 0. The second kappa shape index (κ2) is 9.41. The van der Waals surface area contributed by atoms with E-state index >= 15 is 0 Å². The first-order valence-electron chi connectivity index (χ1n) is 11.7. The molecule has 0 radical (unpaired) electrons. The van der Waals surface area contributed by atoms with Crippen molar-refractivity contribution >= 4 is 23.1 Å². The molecule has 3 nitrogen and oxygen atoms in total. The van der Waals surface area contributed by atoms with Gasteiger partial charge in [0.25, 0.3) is 0 Å². The van der Waals surface area contributed by atoms with Crippen LogP contribution >= 0.6 is 0 Å². The van der Waals surface area contributed by atoms with E-state index < -0.39 is 0 Å². The third-order valence-electron chi connectivity index (χ3n) is 6.07. The van der Waals surface area contributed by atoms with E-state index in [1.165, 1.54) is 22.3 Å². The highest BCUT2D eigenvalue weighted by atomic mass is 16.5. The topological polar surface area (TPSA) is 33.3 Å². The molecule has 1 atom stereocenters. The van der Waals surface area contributed by atoms with Crippen LogP contribution in [0.3, 0.4) is 0 Å². The van der Waals surface area contributed by atoms with Gasteiger partial charge in [-0.2, -0.15) is 0 Å². The Morgan fingerprint density at radius 1 is 0.909 bits per heavy atom. The summed E-state index contributed by atoms with van der Waals surface area (Å²) in [5.74, 6) is 1.74. The zero-order valence-electron chi connectivity index (χ0n) is 19.3. The van der Waals surface area contributed by atoms with Gasteiger partial charge in [-0.25, -0.2) is 0 Å². The van der Waals surface area contributed by atoms with Crippen molar-refractivity contribution in [2.75, 3.05) is 10.6 Å². The molecule has 0 fully saturated rings. The standard InChI is InChI=1S/C30H30N2O/c1-21-8-5-11-24(16-21)31-26-17-22(2)18-27(19-26)32-25-12-7-13-28(20-25)33-30-15-6-10-23-9-3-4-14-29(23)30/h4-8,10-15,17-20,24,31-32H,3,9,16H2,1-2H3. The Morgan fingerprint density at radius 2 is 1.79 bits per heavy atom. The van der Waals surface area contributed by atoms with Gasteiger partial charge in [0.15, 0.2) is 0 Å². The predicted molar refractivity (Wildman–Crippen MR) is 140 cm³/mol. The quantitative estimate of drug-likeness (QED) is 0.410. The Bertz CT molecular complexity index is 1250. The molecular formula is C30H30N2O. The predicted octanol–water partition coefficient (Wildman–Crippen LogP) is 8.18. The van der Waals surface area contributed by atoms with Crippen molar-refractivity contribution in [2.45, 2.75) is 39.2 Å². The van der Waals surface area contributed by atoms with Gasteiger partial charge in [-0.3, -0.25) is 0 Å². The molecule has 1 unspecified atom stereocenters. The molecule has 0 amide bonds. The molecular weight excluding hydrogens is 404 g/mol. The van der Waals surface area contributed by atoms with Gasteiger partial charge < -0.3 is 15.4 Å². The van der Waals surface area contributed by atoms with Crippen molar-refractivity contribution in [3.8, 4) is 11.5 Å². The molecule has 0 aromatic heterocycles. The second-order valence-electron chi connectivity index (χ2n) is 8.97. The number of hydrogen-bond acceptors (Lipinski definition) is 3. The number of aryl methyl sites for hydroxylation is 2. The lowest BCUT2D eigenvalue weighted by Gasteiger charge is -2.20. The first-order valence-corrected chi connectivity index (χ1v) is 11.7. The highest BCUT2D eigenvalue weighted by Crippen LogP contribution is 2.33. The summed E-state index contributed by atoms with van der Waals surface area (Å²) in [5.41, 5.74) is 8.33. The van der Waals surface area contributed by atoms with Crippen LogP contribution in [0.1, 0.15) is 36.5 Å². The van der Waals surface area contributed by atoms with Gasteiger partial charge in [-0.15, -0.1) is 0 Å². The number of benzene rings is 3. The minimum atomic E-state index is 0.326. The van der Waals surface area contributed by atoms with Crippen LogP contribution in [0.5, 0.6) is 11.5 Å². The normalized spacial score (nSPS) is 16.7. The number of ether oxygens (including phenoxy) is 1. The molecule has 2 aliphatic rings. The molecule has 0 saturated carbocycles. The Kier molecular flexibility index (Phi) is 6.03. The number of fused-ring (bicyclic) bond motifs is 1. The van der Waals surface area contributed by atoms with E-state index in [9.17, 15) is 0 Å². The number of nitrogens with one attached hydrogen (secondary N) is 2. The molecule has 0 spiro atoms. The molecule has 3 aromatic carbocycles. The summed E-state index contributed by atoms with van der Waals surface area (Å²) in [6, 6.07) is 21.3. The minimum Gasteiger partial charge on any atom is -0.457 e. The van der Waals surface area contributed by atoms with Crippen molar-refractivity contribution < 1.29 is 4.74 Å². The lowest BCUT2D eigenvalue weighted by Crippen LogP contribution is -2.18. The maximum Gasteiger partial charge on any atom is 0.134 e. The summed E-state index contributed by atoms with van der Waals surface area (Å²) >= 11 is 0. The van der Waals surface area contributed by atoms with Crippen LogP contribution in [0.4, 0.5) is 17.1 Å². The molecule has 0 heterocycles. The van der Waals surface area contributed by atoms with Crippen molar-refractivity contribution in [2.24, 2.45) is 0 Å². The van der Waals surface area contributed by atoms with Gasteiger partial charge in [0.1, 0.15) is 11.5 Å². The lowest BCUT2D eigenvalue weighted by atomic mass is 9.97. The molecule has 166 valence electrons. The first kappa shape index (κ1) is 21.1. The van der Waals surface area contributed by atoms with Crippen LogP contribution < -0.4 is 15.4 Å². The number of anilines is 3. The second-order valence-corrected chi connectivity index (χ2v) is 8.97. The van der Waals surface area contributed by atoms with E-state index in [0.29, 0.717) is 6.04 Å². The summed E-state index contributed by atoms with van der Waals surface area (Å²) in [5, 5.41) is 7.21.